The maximum absolute atomic E-state index is 13.6. The van der Waals surface area contributed by atoms with E-state index in [9.17, 15) is 13.2 Å². The van der Waals surface area contributed by atoms with Gasteiger partial charge in [0.25, 0.3) is 5.91 Å². The Balaban J connectivity index is 1.84. The molecule has 29 heavy (non-hydrogen) atoms. The Morgan fingerprint density at radius 1 is 1.24 bits per heavy atom. The Kier molecular flexibility index (Phi) is 4.76. The molecule has 1 aliphatic carbocycles. The van der Waals surface area contributed by atoms with Gasteiger partial charge in [0, 0.05) is 24.7 Å². The van der Waals surface area contributed by atoms with Crippen molar-refractivity contribution in [2.24, 2.45) is 5.92 Å². The molecule has 0 aromatic carbocycles. The Morgan fingerprint density at radius 3 is 2.55 bits per heavy atom. The highest BCUT2D eigenvalue weighted by atomic mass is 32.2. The van der Waals surface area contributed by atoms with E-state index in [-0.39, 0.29) is 35.4 Å². The van der Waals surface area contributed by atoms with Gasteiger partial charge in [-0.05, 0) is 52.5 Å². The van der Waals surface area contributed by atoms with E-state index >= 15 is 0 Å². The van der Waals surface area contributed by atoms with Gasteiger partial charge in [-0.1, -0.05) is 6.92 Å². The minimum atomic E-state index is -3.12. The normalized spacial score (nSPS) is 22.7. The van der Waals surface area contributed by atoms with E-state index in [0.29, 0.717) is 18.0 Å². The van der Waals surface area contributed by atoms with Crippen molar-refractivity contribution >= 4 is 26.8 Å². The van der Waals surface area contributed by atoms with Crippen molar-refractivity contribution in [2.45, 2.75) is 58.9 Å². The average molecular weight is 419 g/mol. The summed E-state index contributed by atoms with van der Waals surface area (Å²) in [5.41, 5.74) is 2.83. The molecule has 4 rings (SSSR count). The summed E-state index contributed by atoms with van der Waals surface area (Å²) in [5.74, 6) is 0.368. The molecule has 2 aromatic rings. The molecule has 1 unspecified atom stereocenters. The molecule has 1 aliphatic heterocycles. The quantitative estimate of drug-likeness (QED) is 0.749. The molecule has 1 saturated heterocycles. The number of sulfone groups is 1. The molecule has 8 heteroatoms. The number of amides is 1. The largest absolute Gasteiger partial charge is 0.337 e. The van der Waals surface area contributed by atoms with Gasteiger partial charge >= 0.3 is 0 Å². The first-order valence-corrected chi connectivity index (χ1v) is 12.2. The second-order valence-corrected chi connectivity index (χ2v) is 11.9. The lowest BCUT2D eigenvalue weighted by atomic mass is 10.0. The second kappa shape index (κ2) is 6.79. The van der Waals surface area contributed by atoms with Gasteiger partial charge < -0.3 is 4.90 Å². The summed E-state index contributed by atoms with van der Waals surface area (Å²) >= 11 is 0. The third kappa shape index (κ3) is 3.91. The summed E-state index contributed by atoms with van der Waals surface area (Å²) < 4.78 is 26.2. The predicted molar refractivity (Wildman–Crippen MR) is 113 cm³/mol. The first-order chi connectivity index (χ1) is 13.5. The van der Waals surface area contributed by atoms with Crippen LogP contribution in [0.25, 0.3) is 11.0 Å². The van der Waals surface area contributed by atoms with Gasteiger partial charge in [-0.2, -0.15) is 5.10 Å². The molecule has 0 radical (unpaired) electrons. The van der Waals surface area contributed by atoms with Gasteiger partial charge in [0.15, 0.2) is 15.5 Å². The first kappa shape index (κ1) is 20.3. The molecular weight excluding hydrogens is 388 g/mol. The van der Waals surface area contributed by atoms with Gasteiger partial charge in [0.1, 0.15) is 0 Å². The van der Waals surface area contributed by atoms with E-state index < -0.39 is 9.84 Å². The van der Waals surface area contributed by atoms with Gasteiger partial charge in [0.05, 0.1) is 33.7 Å². The Bertz CT molecular complexity index is 1080. The van der Waals surface area contributed by atoms with Crippen LogP contribution >= 0.6 is 0 Å². The molecule has 2 aromatic heterocycles. The van der Waals surface area contributed by atoms with Crippen molar-refractivity contribution in [3.05, 3.63) is 23.0 Å². The van der Waals surface area contributed by atoms with Gasteiger partial charge in [-0.3, -0.25) is 4.79 Å². The van der Waals surface area contributed by atoms with Crippen molar-refractivity contribution in [3.63, 3.8) is 0 Å². The van der Waals surface area contributed by atoms with Crippen LogP contribution < -0.4 is 0 Å². The predicted octanol–water partition coefficient (Wildman–Crippen LogP) is 2.88. The number of rotatable bonds is 2. The van der Waals surface area contributed by atoms with Crippen LogP contribution in [0, 0.1) is 12.8 Å². The highest BCUT2D eigenvalue weighted by molar-refractivity contribution is 7.91. The van der Waals surface area contributed by atoms with Crippen molar-refractivity contribution in [3.8, 4) is 0 Å². The van der Waals surface area contributed by atoms with Crippen LogP contribution in [0.1, 0.15) is 68.2 Å². The van der Waals surface area contributed by atoms with Crippen molar-refractivity contribution in [1.82, 2.24) is 19.7 Å². The summed E-state index contributed by atoms with van der Waals surface area (Å²) in [4.78, 5) is 20.2. The molecule has 2 aliphatic rings. The number of hydrogen-bond acceptors (Lipinski definition) is 5. The molecule has 3 heterocycles. The Hall–Kier alpha value is -1.96. The van der Waals surface area contributed by atoms with Gasteiger partial charge in [-0.15, -0.1) is 0 Å². The maximum Gasteiger partial charge on any atom is 0.254 e. The third-order valence-electron chi connectivity index (χ3n) is 5.72. The molecule has 0 spiro atoms. The van der Waals surface area contributed by atoms with Crippen LogP contribution in [0.15, 0.2) is 6.07 Å². The number of aromatic nitrogens is 3. The molecule has 0 N–H and O–H groups in total. The number of fused-ring (bicyclic) bond motifs is 1. The smallest absolute Gasteiger partial charge is 0.254 e. The summed E-state index contributed by atoms with van der Waals surface area (Å²) in [6.45, 7) is 10.7. The summed E-state index contributed by atoms with van der Waals surface area (Å²) in [7, 11) is -3.12. The fourth-order valence-corrected chi connectivity index (χ4v) is 5.81. The molecule has 158 valence electrons. The lowest BCUT2D eigenvalue weighted by Gasteiger charge is -2.23. The zero-order valence-electron chi connectivity index (χ0n) is 17.9. The number of carbonyl (C=O) groups excluding carboxylic acids is 1. The van der Waals surface area contributed by atoms with Crippen LogP contribution in [-0.2, 0) is 15.4 Å². The van der Waals surface area contributed by atoms with E-state index in [2.05, 4.69) is 20.8 Å². The summed E-state index contributed by atoms with van der Waals surface area (Å²) in [5, 5.41) is 5.50. The van der Waals surface area contributed by atoms with Crippen LogP contribution in [0.3, 0.4) is 0 Å². The number of hydrogen-bond donors (Lipinski definition) is 0. The number of carbonyl (C=O) groups is 1. The van der Waals surface area contributed by atoms with Crippen molar-refractivity contribution in [2.75, 3.05) is 24.6 Å². The number of nitrogens with zero attached hydrogens (tertiary/aromatic N) is 4. The second-order valence-electron chi connectivity index (χ2n) is 9.71. The summed E-state index contributed by atoms with van der Waals surface area (Å²) in [6, 6.07) is 1.92. The SMILES string of the molecule is Cc1nn(C(C)(C)C)c2nc(C3CC3)cc(C(=O)N3CCS(=O)(=O)CC(C)C3)c12. The minimum Gasteiger partial charge on any atom is -0.337 e. The van der Waals surface area contributed by atoms with Crippen LogP contribution in [-0.4, -0.2) is 58.6 Å². The fourth-order valence-electron chi connectivity index (χ4n) is 4.17. The average Bonchev–Trinajstić information content (AvgIpc) is 3.40. The molecule has 1 amide bonds. The lowest BCUT2D eigenvalue weighted by molar-refractivity contribution is 0.0753. The first-order valence-electron chi connectivity index (χ1n) is 10.4. The minimum absolute atomic E-state index is 0.0209. The zero-order valence-corrected chi connectivity index (χ0v) is 18.7. The Labute approximate surface area is 172 Å². The Morgan fingerprint density at radius 2 is 1.93 bits per heavy atom. The molecule has 2 fully saturated rings. The monoisotopic (exact) mass is 418 g/mol. The zero-order chi connectivity index (χ0) is 21.1. The highest BCUT2D eigenvalue weighted by Gasteiger charge is 2.33. The van der Waals surface area contributed by atoms with E-state index in [0.717, 1.165) is 35.3 Å². The fraction of sp³-hybridized carbons (Fsp3) is 0.667. The van der Waals surface area contributed by atoms with Crippen molar-refractivity contribution < 1.29 is 13.2 Å². The van der Waals surface area contributed by atoms with Crippen LogP contribution in [0.4, 0.5) is 0 Å². The standard InChI is InChI=1S/C21H30N4O3S/c1-13-11-24(8-9-29(27,28)12-13)20(26)16-10-17(15-6-7-15)22-19-18(16)14(2)23-25(19)21(3,4)5/h10,13,15H,6-9,11-12H2,1-5H3. The third-order valence-corrected chi connectivity index (χ3v) is 7.61. The summed E-state index contributed by atoms with van der Waals surface area (Å²) in [6.07, 6.45) is 2.18. The molecule has 1 atom stereocenters. The van der Waals surface area contributed by atoms with E-state index in [1.54, 1.807) is 4.90 Å². The van der Waals surface area contributed by atoms with E-state index in [1.807, 2.05) is 24.6 Å². The maximum atomic E-state index is 13.6. The number of pyridine rings is 1. The van der Waals surface area contributed by atoms with E-state index in [1.165, 1.54) is 0 Å². The van der Waals surface area contributed by atoms with Crippen LogP contribution in [0.5, 0.6) is 0 Å². The number of aryl methyl sites for hydroxylation is 1. The van der Waals surface area contributed by atoms with Gasteiger partial charge in [-0.25, -0.2) is 18.1 Å². The highest BCUT2D eigenvalue weighted by Crippen LogP contribution is 2.41. The molecule has 0 bridgehead atoms. The van der Waals surface area contributed by atoms with Crippen LogP contribution in [0.2, 0.25) is 0 Å². The van der Waals surface area contributed by atoms with Crippen molar-refractivity contribution in [1.29, 1.82) is 0 Å². The topological polar surface area (TPSA) is 85.2 Å². The molecule has 1 saturated carbocycles. The lowest BCUT2D eigenvalue weighted by Crippen LogP contribution is -2.35. The molecule has 7 nitrogen and oxygen atoms in total. The van der Waals surface area contributed by atoms with E-state index in [4.69, 9.17) is 10.1 Å². The van der Waals surface area contributed by atoms with Gasteiger partial charge in [0.2, 0.25) is 0 Å². The molecular formula is C21H30N4O3S.